The van der Waals surface area contributed by atoms with Gasteiger partial charge < -0.3 is 42.3 Å². The number of carboxylic acid groups (broad SMARTS) is 3. The summed E-state index contributed by atoms with van der Waals surface area (Å²) in [7, 11) is 0. The van der Waals surface area contributed by atoms with E-state index in [0.717, 1.165) is 0 Å². The fraction of sp³-hybridized carbons (Fsp3) is 0.611. The van der Waals surface area contributed by atoms with Crippen LogP contribution in [0.1, 0.15) is 38.5 Å². The van der Waals surface area contributed by atoms with E-state index in [1.807, 2.05) is 5.32 Å². The Morgan fingerprint density at radius 1 is 0.848 bits per heavy atom. The number of hydrogen-bond acceptors (Lipinski definition) is 8. The number of carboxylic acids is 3. The highest BCUT2D eigenvalue weighted by Gasteiger charge is 2.33. The Morgan fingerprint density at radius 2 is 1.45 bits per heavy atom. The highest BCUT2D eigenvalue weighted by molar-refractivity contribution is 5.96. The van der Waals surface area contributed by atoms with Gasteiger partial charge in [-0.15, -0.1) is 0 Å². The first kappa shape index (κ1) is 27.3. The summed E-state index contributed by atoms with van der Waals surface area (Å²) in [5.41, 5.74) is 4.94. The third-order valence-electron chi connectivity index (χ3n) is 4.69. The summed E-state index contributed by atoms with van der Waals surface area (Å²) in [6, 6.07) is -5.54. The summed E-state index contributed by atoms with van der Waals surface area (Å²) in [4.78, 5) is 81.8. The van der Waals surface area contributed by atoms with E-state index in [0.29, 0.717) is 19.4 Å². The van der Waals surface area contributed by atoms with Crippen molar-refractivity contribution in [3.8, 4) is 0 Å². The van der Waals surface area contributed by atoms with Gasteiger partial charge in [-0.3, -0.25) is 28.8 Å². The number of carbonyl (C=O) groups excluding carboxylic acids is 4. The topological polar surface area (TPSA) is 254 Å². The largest absolute Gasteiger partial charge is 0.481 e. The van der Waals surface area contributed by atoms with Crippen molar-refractivity contribution in [3.05, 3.63) is 0 Å². The number of carbonyl (C=O) groups is 7. The van der Waals surface area contributed by atoms with Gasteiger partial charge in [-0.05, 0) is 25.8 Å². The number of primary amides is 1. The van der Waals surface area contributed by atoms with Gasteiger partial charge in [-0.25, -0.2) is 4.79 Å². The van der Waals surface area contributed by atoms with Gasteiger partial charge >= 0.3 is 17.9 Å². The summed E-state index contributed by atoms with van der Waals surface area (Å²) in [6.45, 7) is 0.571. The van der Waals surface area contributed by atoms with Crippen molar-refractivity contribution in [1.29, 1.82) is 0 Å². The molecule has 184 valence electrons. The first-order valence-corrected chi connectivity index (χ1v) is 9.99. The summed E-state index contributed by atoms with van der Waals surface area (Å²) in [5, 5.41) is 36.4. The molecule has 0 spiro atoms. The summed E-state index contributed by atoms with van der Waals surface area (Å²) < 4.78 is 0. The molecule has 0 saturated carbocycles. The van der Waals surface area contributed by atoms with Crippen LogP contribution in [-0.2, 0) is 33.6 Å². The van der Waals surface area contributed by atoms with Crippen LogP contribution in [0, 0.1) is 0 Å². The van der Waals surface area contributed by atoms with Crippen molar-refractivity contribution < 1.29 is 48.9 Å². The SMILES string of the molecule is NC(=O)CC(NC(=O)C(CCC(=O)O)NC(=O)C(CC(=O)O)NC(=O)C1CCCN1)C(=O)O. The molecule has 0 bridgehead atoms. The van der Waals surface area contributed by atoms with E-state index < -0.39 is 91.4 Å². The molecule has 9 N–H and O–H groups in total. The van der Waals surface area contributed by atoms with Crippen LogP contribution in [0.4, 0.5) is 0 Å². The Labute approximate surface area is 187 Å². The van der Waals surface area contributed by atoms with E-state index in [2.05, 4.69) is 16.0 Å². The number of nitrogens with one attached hydrogen (secondary N) is 4. The van der Waals surface area contributed by atoms with Gasteiger partial charge in [0.15, 0.2) is 0 Å². The third-order valence-corrected chi connectivity index (χ3v) is 4.69. The first-order valence-electron chi connectivity index (χ1n) is 9.99. The molecule has 0 aromatic rings. The van der Waals surface area contributed by atoms with Crippen LogP contribution in [0.5, 0.6) is 0 Å². The number of amides is 4. The lowest BCUT2D eigenvalue weighted by molar-refractivity contribution is -0.144. The van der Waals surface area contributed by atoms with Crippen molar-refractivity contribution in [1.82, 2.24) is 21.3 Å². The highest BCUT2D eigenvalue weighted by atomic mass is 16.4. The van der Waals surface area contributed by atoms with E-state index in [9.17, 15) is 33.6 Å². The second-order valence-electron chi connectivity index (χ2n) is 7.37. The molecule has 1 saturated heterocycles. The van der Waals surface area contributed by atoms with Crippen LogP contribution in [0.15, 0.2) is 0 Å². The normalized spacial score (nSPS) is 17.8. The zero-order valence-corrected chi connectivity index (χ0v) is 17.5. The molecule has 15 heteroatoms. The van der Waals surface area contributed by atoms with Crippen LogP contribution in [0.2, 0.25) is 0 Å². The fourth-order valence-corrected chi connectivity index (χ4v) is 3.05. The molecular weight excluding hydrogens is 446 g/mol. The Morgan fingerprint density at radius 3 is 1.94 bits per heavy atom. The predicted molar refractivity (Wildman–Crippen MR) is 107 cm³/mol. The number of rotatable bonds is 14. The van der Waals surface area contributed by atoms with Crippen LogP contribution >= 0.6 is 0 Å². The zero-order chi connectivity index (χ0) is 25.1. The lowest BCUT2D eigenvalue weighted by atomic mass is 10.1. The molecule has 1 fully saturated rings. The van der Waals surface area contributed by atoms with Gasteiger partial charge in [0.25, 0.3) is 0 Å². The van der Waals surface area contributed by atoms with Crippen molar-refractivity contribution >= 4 is 41.5 Å². The molecule has 0 aliphatic carbocycles. The van der Waals surface area contributed by atoms with Gasteiger partial charge in [0.1, 0.15) is 18.1 Å². The standard InChI is InChI=1S/C18H27N5O10/c19-12(24)6-11(18(32)33)23-16(30)9(3-4-13(25)26)21-17(31)10(7-14(27)28)22-15(29)8-2-1-5-20-8/h8-11,20H,1-7H2,(H2,19,24)(H,21,31)(H,22,29)(H,23,30)(H,25,26)(H,27,28)(H,32,33). The molecule has 4 atom stereocenters. The lowest BCUT2D eigenvalue weighted by Crippen LogP contribution is -2.57. The minimum atomic E-state index is -1.73. The van der Waals surface area contributed by atoms with Gasteiger partial charge in [-0.2, -0.15) is 0 Å². The Bertz CT molecular complexity index is 795. The van der Waals surface area contributed by atoms with Gasteiger partial charge in [0.2, 0.25) is 23.6 Å². The van der Waals surface area contributed by atoms with E-state index in [1.54, 1.807) is 0 Å². The quantitative estimate of drug-likeness (QED) is 0.123. The first-order chi connectivity index (χ1) is 15.4. The summed E-state index contributed by atoms with van der Waals surface area (Å²) in [5.74, 6) is -8.20. The van der Waals surface area contributed by atoms with E-state index >= 15 is 0 Å². The smallest absolute Gasteiger partial charge is 0.326 e. The summed E-state index contributed by atoms with van der Waals surface area (Å²) >= 11 is 0. The second kappa shape index (κ2) is 12.9. The molecule has 0 aromatic heterocycles. The average Bonchev–Trinajstić information content (AvgIpc) is 3.23. The van der Waals surface area contributed by atoms with Gasteiger partial charge in [0.05, 0.1) is 18.9 Å². The average molecular weight is 473 g/mol. The lowest BCUT2D eigenvalue weighted by Gasteiger charge is -2.24. The molecule has 1 heterocycles. The van der Waals surface area contributed by atoms with Crippen molar-refractivity contribution in [2.45, 2.75) is 62.7 Å². The van der Waals surface area contributed by atoms with E-state index in [-0.39, 0.29) is 0 Å². The molecule has 1 aliphatic rings. The molecular formula is C18H27N5O10. The molecule has 0 radical (unpaired) electrons. The highest BCUT2D eigenvalue weighted by Crippen LogP contribution is 2.07. The van der Waals surface area contributed by atoms with Crippen LogP contribution in [-0.4, -0.2) is 87.6 Å². The Kier molecular flexibility index (Phi) is 10.7. The minimum Gasteiger partial charge on any atom is -0.481 e. The monoisotopic (exact) mass is 473 g/mol. The number of nitrogens with two attached hydrogens (primary N) is 1. The Hall–Kier alpha value is -3.75. The molecule has 15 nitrogen and oxygen atoms in total. The maximum Gasteiger partial charge on any atom is 0.326 e. The minimum absolute atomic E-state index is 0.478. The third kappa shape index (κ3) is 9.94. The molecule has 4 amide bonds. The zero-order valence-electron chi connectivity index (χ0n) is 17.5. The van der Waals surface area contributed by atoms with Gasteiger partial charge in [0, 0.05) is 6.42 Å². The maximum atomic E-state index is 12.7. The number of hydrogen-bond donors (Lipinski definition) is 8. The molecule has 1 rings (SSSR count). The van der Waals surface area contributed by atoms with Crippen LogP contribution < -0.4 is 27.0 Å². The molecule has 1 aliphatic heterocycles. The predicted octanol–water partition coefficient (Wildman–Crippen LogP) is -3.51. The van der Waals surface area contributed by atoms with Crippen molar-refractivity contribution in [2.24, 2.45) is 5.73 Å². The maximum absolute atomic E-state index is 12.7. The van der Waals surface area contributed by atoms with Crippen molar-refractivity contribution in [3.63, 3.8) is 0 Å². The van der Waals surface area contributed by atoms with E-state index in [4.69, 9.17) is 21.1 Å². The van der Waals surface area contributed by atoms with Gasteiger partial charge in [-0.1, -0.05) is 0 Å². The van der Waals surface area contributed by atoms with Crippen molar-refractivity contribution in [2.75, 3.05) is 6.54 Å². The molecule has 4 unspecified atom stereocenters. The van der Waals surface area contributed by atoms with E-state index in [1.165, 1.54) is 0 Å². The van der Waals surface area contributed by atoms with Crippen LogP contribution in [0.25, 0.3) is 0 Å². The Balaban J connectivity index is 2.97. The second-order valence-corrected chi connectivity index (χ2v) is 7.37. The molecule has 33 heavy (non-hydrogen) atoms. The van der Waals surface area contributed by atoms with Crippen LogP contribution in [0.3, 0.4) is 0 Å². The summed E-state index contributed by atoms with van der Waals surface area (Å²) in [6.07, 6.45) is -1.47. The number of aliphatic carboxylic acids is 3. The molecule has 0 aromatic carbocycles. The fourth-order valence-electron chi connectivity index (χ4n) is 3.05.